The van der Waals surface area contributed by atoms with Crippen LogP contribution in [0, 0.1) is 5.82 Å². The van der Waals surface area contributed by atoms with E-state index in [0.29, 0.717) is 15.7 Å². The second-order valence-corrected chi connectivity index (χ2v) is 5.13. The van der Waals surface area contributed by atoms with Gasteiger partial charge in [0.15, 0.2) is 5.65 Å². The van der Waals surface area contributed by atoms with Crippen LogP contribution >= 0.6 is 15.9 Å². The molecule has 0 unspecified atom stereocenters. The lowest BCUT2D eigenvalue weighted by Gasteiger charge is -2.06. The summed E-state index contributed by atoms with van der Waals surface area (Å²) in [6.45, 7) is 0. The van der Waals surface area contributed by atoms with Crippen LogP contribution in [0.4, 0.5) is 4.39 Å². The Morgan fingerprint density at radius 1 is 1.40 bits per heavy atom. The molecule has 0 spiro atoms. The second kappa shape index (κ2) is 4.75. The number of nitrogens with zero attached hydrogens (tertiary/aromatic N) is 2. The molecule has 2 heterocycles. The van der Waals surface area contributed by atoms with Crippen molar-refractivity contribution in [2.24, 2.45) is 0 Å². The number of hydrogen-bond donors (Lipinski definition) is 2. The second-order valence-electron chi connectivity index (χ2n) is 4.28. The van der Waals surface area contributed by atoms with Crippen LogP contribution < -0.4 is 5.56 Å². The molecule has 0 aliphatic heterocycles. The Labute approximate surface area is 120 Å². The average molecular weight is 338 g/mol. The third-order valence-electron chi connectivity index (χ3n) is 3.03. The maximum Gasteiger partial charge on any atom is 0.258 e. The number of halogens is 2. The molecule has 2 aromatic heterocycles. The number of nitrogens with one attached hydrogen (secondary N) is 1. The Bertz CT molecular complexity index is 856. The normalized spacial score (nSPS) is 11.1. The molecule has 5 nitrogen and oxygen atoms in total. The maximum atomic E-state index is 13.6. The number of benzene rings is 1. The van der Waals surface area contributed by atoms with Gasteiger partial charge >= 0.3 is 0 Å². The number of H-pyrrole nitrogens is 1. The third-order valence-corrected chi connectivity index (χ3v) is 3.61. The summed E-state index contributed by atoms with van der Waals surface area (Å²) in [6, 6.07) is 6.12. The van der Waals surface area contributed by atoms with Crippen LogP contribution in [0.2, 0.25) is 0 Å². The first kappa shape index (κ1) is 12.9. The highest BCUT2D eigenvalue weighted by atomic mass is 79.9. The van der Waals surface area contributed by atoms with Gasteiger partial charge in [-0.2, -0.15) is 9.61 Å². The summed E-state index contributed by atoms with van der Waals surface area (Å²) in [5, 5.41) is 14.1. The number of aromatic hydroxyl groups is 1. The van der Waals surface area contributed by atoms with E-state index in [4.69, 9.17) is 0 Å². The summed E-state index contributed by atoms with van der Waals surface area (Å²) < 4.78 is 15.4. The number of rotatable bonds is 2. The van der Waals surface area contributed by atoms with Gasteiger partial charge in [-0.1, -0.05) is 18.2 Å². The number of aromatic amines is 1. The minimum Gasteiger partial charge on any atom is -0.493 e. The largest absolute Gasteiger partial charge is 0.493 e. The van der Waals surface area contributed by atoms with Crippen molar-refractivity contribution in [2.45, 2.75) is 6.42 Å². The molecule has 102 valence electrons. The van der Waals surface area contributed by atoms with Gasteiger partial charge in [-0.05, 0) is 27.6 Å². The molecule has 20 heavy (non-hydrogen) atoms. The number of fused-ring (bicyclic) bond motifs is 1. The van der Waals surface area contributed by atoms with Crippen LogP contribution in [0.3, 0.4) is 0 Å². The van der Waals surface area contributed by atoms with Crippen LogP contribution in [0.15, 0.2) is 39.7 Å². The van der Waals surface area contributed by atoms with Crippen molar-refractivity contribution in [3.8, 4) is 5.88 Å². The van der Waals surface area contributed by atoms with Crippen molar-refractivity contribution in [3.05, 3.63) is 62.2 Å². The predicted octanol–water partition coefficient (Wildman–Crippen LogP) is 2.22. The summed E-state index contributed by atoms with van der Waals surface area (Å²) >= 11 is 3.21. The van der Waals surface area contributed by atoms with E-state index in [0.717, 1.165) is 0 Å². The smallest absolute Gasteiger partial charge is 0.258 e. The Morgan fingerprint density at radius 2 is 2.15 bits per heavy atom. The third kappa shape index (κ3) is 2.00. The van der Waals surface area contributed by atoms with Crippen molar-refractivity contribution >= 4 is 21.6 Å². The molecule has 1 aromatic carbocycles. The summed E-state index contributed by atoms with van der Waals surface area (Å²) in [7, 11) is 0. The molecule has 3 rings (SSSR count). The Morgan fingerprint density at radius 3 is 2.90 bits per heavy atom. The van der Waals surface area contributed by atoms with E-state index >= 15 is 0 Å². The van der Waals surface area contributed by atoms with Gasteiger partial charge in [0, 0.05) is 6.42 Å². The van der Waals surface area contributed by atoms with Crippen molar-refractivity contribution < 1.29 is 9.50 Å². The van der Waals surface area contributed by atoms with E-state index in [1.807, 2.05) is 0 Å². The first-order valence-electron chi connectivity index (χ1n) is 5.78. The summed E-state index contributed by atoms with van der Waals surface area (Å²) in [4.78, 5) is 14.6. The topological polar surface area (TPSA) is 70.4 Å². The standard InChI is InChI=1S/C13H9BrFN3O2/c14-9-6-16-18-11(9)17-12(19)8(13(18)20)5-7-3-1-2-4-10(7)15/h1-4,6,20H,5H2,(H,17,19). The van der Waals surface area contributed by atoms with E-state index in [2.05, 4.69) is 26.0 Å². The molecular formula is C13H9BrFN3O2. The van der Waals surface area contributed by atoms with Crippen molar-refractivity contribution in [2.75, 3.05) is 0 Å². The van der Waals surface area contributed by atoms with Gasteiger partial charge in [-0.15, -0.1) is 0 Å². The van der Waals surface area contributed by atoms with Gasteiger partial charge in [0.1, 0.15) is 5.82 Å². The maximum absolute atomic E-state index is 13.6. The van der Waals surface area contributed by atoms with E-state index in [9.17, 15) is 14.3 Å². The fourth-order valence-corrected chi connectivity index (χ4v) is 2.36. The first-order valence-corrected chi connectivity index (χ1v) is 6.58. The molecule has 7 heteroatoms. The van der Waals surface area contributed by atoms with Gasteiger partial charge in [0.2, 0.25) is 5.88 Å². The summed E-state index contributed by atoms with van der Waals surface area (Å²) in [6.07, 6.45) is 1.44. The van der Waals surface area contributed by atoms with Gasteiger partial charge in [-0.25, -0.2) is 4.39 Å². The molecule has 0 bridgehead atoms. The minimum absolute atomic E-state index is 0.0126. The van der Waals surface area contributed by atoms with E-state index < -0.39 is 11.4 Å². The molecule has 0 fully saturated rings. The highest BCUT2D eigenvalue weighted by Crippen LogP contribution is 2.22. The SMILES string of the molecule is O=c1[nH]c2c(Br)cnn2c(O)c1Cc1ccccc1F. The average Bonchev–Trinajstić information content (AvgIpc) is 2.78. The van der Waals surface area contributed by atoms with Crippen molar-refractivity contribution in [1.82, 2.24) is 14.6 Å². The van der Waals surface area contributed by atoms with Crippen LogP contribution in [-0.2, 0) is 6.42 Å². The van der Waals surface area contributed by atoms with Crippen LogP contribution in [0.1, 0.15) is 11.1 Å². The quantitative estimate of drug-likeness (QED) is 0.753. The Balaban J connectivity index is 2.17. The van der Waals surface area contributed by atoms with Gasteiger partial charge < -0.3 is 10.1 Å². The van der Waals surface area contributed by atoms with Gasteiger partial charge in [-0.3, -0.25) is 4.79 Å². The van der Waals surface area contributed by atoms with Crippen molar-refractivity contribution in [1.29, 1.82) is 0 Å². The molecule has 0 aliphatic carbocycles. The fourth-order valence-electron chi connectivity index (χ4n) is 2.01. The zero-order chi connectivity index (χ0) is 14.3. The molecule has 0 saturated carbocycles. The Kier molecular flexibility index (Phi) is 3.06. The molecule has 2 N–H and O–H groups in total. The summed E-state index contributed by atoms with van der Waals surface area (Å²) in [5.74, 6) is -0.717. The van der Waals surface area contributed by atoms with E-state index in [-0.39, 0.29) is 17.9 Å². The van der Waals surface area contributed by atoms with Crippen LogP contribution in [0.5, 0.6) is 5.88 Å². The molecule has 0 aliphatic rings. The zero-order valence-electron chi connectivity index (χ0n) is 10.1. The molecule has 3 aromatic rings. The fraction of sp³-hybridized carbons (Fsp3) is 0.0769. The first-order chi connectivity index (χ1) is 9.58. The lowest BCUT2D eigenvalue weighted by molar-refractivity contribution is 0.427. The Hall–Kier alpha value is -2.15. The van der Waals surface area contributed by atoms with E-state index in [1.54, 1.807) is 18.2 Å². The van der Waals surface area contributed by atoms with Crippen LogP contribution in [-0.4, -0.2) is 19.7 Å². The highest BCUT2D eigenvalue weighted by molar-refractivity contribution is 9.10. The molecule has 0 saturated heterocycles. The summed E-state index contributed by atoms with van der Waals surface area (Å²) in [5.41, 5.74) is 0.279. The predicted molar refractivity (Wildman–Crippen MR) is 74.4 cm³/mol. The van der Waals surface area contributed by atoms with Gasteiger partial charge in [0.25, 0.3) is 5.56 Å². The molecular weight excluding hydrogens is 329 g/mol. The zero-order valence-corrected chi connectivity index (χ0v) is 11.7. The molecule has 0 amide bonds. The van der Waals surface area contributed by atoms with Crippen LogP contribution in [0.25, 0.3) is 5.65 Å². The lowest BCUT2D eigenvalue weighted by atomic mass is 10.1. The van der Waals surface area contributed by atoms with Crippen molar-refractivity contribution in [3.63, 3.8) is 0 Å². The monoisotopic (exact) mass is 337 g/mol. The van der Waals surface area contributed by atoms with Gasteiger partial charge in [0.05, 0.1) is 16.2 Å². The molecule has 0 atom stereocenters. The number of hydrogen-bond acceptors (Lipinski definition) is 3. The number of aromatic nitrogens is 3. The van der Waals surface area contributed by atoms with E-state index in [1.165, 1.54) is 16.8 Å². The lowest BCUT2D eigenvalue weighted by Crippen LogP contribution is -2.16. The highest BCUT2D eigenvalue weighted by Gasteiger charge is 2.16. The minimum atomic E-state index is -0.473. The molecule has 0 radical (unpaired) electrons.